The van der Waals surface area contributed by atoms with Gasteiger partial charge in [0.05, 0.1) is 11.7 Å². The molecule has 4 rings (SSSR count). The van der Waals surface area contributed by atoms with Crippen LogP contribution in [-0.4, -0.2) is 21.2 Å². The van der Waals surface area contributed by atoms with E-state index >= 15 is 0 Å². The van der Waals surface area contributed by atoms with Gasteiger partial charge in [-0.2, -0.15) is 0 Å². The van der Waals surface area contributed by atoms with Crippen molar-refractivity contribution in [1.29, 1.82) is 0 Å². The molecule has 0 fully saturated rings. The molecule has 0 amide bonds. The first-order chi connectivity index (χ1) is 11.2. The summed E-state index contributed by atoms with van der Waals surface area (Å²) in [7, 11) is 0. The van der Waals surface area contributed by atoms with Crippen molar-refractivity contribution in [2.24, 2.45) is 0 Å². The van der Waals surface area contributed by atoms with E-state index < -0.39 is 0 Å². The van der Waals surface area contributed by atoms with Crippen LogP contribution in [-0.2, 0) is 13.1 Å². The van der Waals surface area contributed by atoms with E-state index in [4.69, 9.17) is 4.52 Å². The summed E-state index contributed by atoms with van der Waals surface area (Å²) in [6, 6.07) is 15.4. The Morgan fingerprint density at radius 3 is 2.65 bits per heavy atom. The summed E-state index contributed by atoms with van der Waals surface area (Å²) in [4.78, 5) is 2.52. The largest absolute Gasteiger partial charge is 0.361 e. The van der Waals surface area contributed by atoms with Gasteiger partial charge in [-0.3, -0.25) is 4.90 Å². The lowest BCUT2D eigenvalue weighted by molar-refractivity contribution is 0.173. The molecule has 2 aromatic heterocycles. The van der Waals surface area contributed by atoms with Gasteiger partial charge < -0.3 is 9.09 Å². The molecule has 23 heavy (non-hydrogen) atoms. The molecule has 3 aromatic rings. The predicted octanol–water partition coefficient (Wildman–Crippen LogP) is 3.70. The Kier molecular flexibility index (Phi) is 3.54. The molecule has 0 saturated heterocycles. The minimum atomic E-state index is 0.272. The zero-order valence-electron chi connectivity index (χ0n) is 13.6. The van der Waals surface area contributed by atoms with Crippen LogP contribution in [0.15, 0.2) is 53.2 Å². The van der Waals surface area contributed by atoms with Gasteiger partial charge in [-0.05, 0) is 31.5 Å². The van der Waals surface area contributed by atoms with Crippen LogP contribution in [0.3, 0.4) is 0 Å². The summed E-state index contributed by atoms with van der Waals surface area (Å²) in [6.45, 7) is 6.93. The lowest BCUT2D eigenvalue weighted by Gasteiger charge is -2.37. The first-order valence-electron chi connectivity index (χ1n) is 8.10. The standard InChI is InChI=1S/C19H21N3O/c1-14-17(15(2)23-20-14)13-22-12-11-21-10-6-9-18(21)19(22)16-7-4-3-5-8-16/h3-10,19H,11-13H2,1-2H3/t19-/m0/s1. The van der Waals surface area contributed by atoms with Gasteiger partial charge in [-0.25, -0.2) is 0 Å². The molecule has 0 unspecified atom stereocenters. The monoisotopic (exact) mass is 307 g/mol. The molecule has 1 atom stereocenters. The molecule has 0 bridgehead atoms. The third-order valence-corrected chi connectivity index (χ3v) is 4.80. The second-order valence-electron chi connectivity index (χ2n) is 6.21. The average Bonchev–Trinajstić information content (AvgIpc) is 3.17. The SMILES string of the molecule is Cc1noc(C)c1CN1CCn2cccc2[C@@H]1c1ccccc1. The summed E-state index contributed by atoms with van der Waals surface area (Å²) in [5.74, 6) is 0.926. The summed E-state index contributed by atoms with van der Waals surface area (Å²) in [5.41, 5.74) is 4.90. The van der Waals surface area contributed by atoms with Gasteiger partial charge in [0.2, 0.25) is 0 Å². The molecule has 3 heterocycles. The number of hydrogen-bond acceptors (Lipinski definition) is 3. The van der Waals surface area contributed by atoms with E-state index in [1.54, 1.807) is 0 Å². The van der Waals surface area contributed by atoms with Crippen LogP contribution in [0.5, 0.6) is 0 Å². The quantitative estimate of drug-likeness (QED) is 0.740. The van der Waals surface area contributed by atoms with Crippen molar-refractivity contribution in [1.82, 2.24) is 14.6 Å². The highest BCUT2D eigenvalue weighted by molar-refractivity contribution is 5.31. The summed E-state index contributed by atoms with van der Waals surface area (Å²) in [5, 5.41) is 4.11. The Morgan fingerprint density at radius 2 is 1.91 bits per heavy atom. The first kappa shape index (κ1) is 14.3. The predicted molar refractivity (Wildman–Crippen MR) is 89.1 cm³/mol. The highest BCUT2D eigenvalue weighted by Crippen LogP contribution is 2.34. The van der Waals surface area contributed by atoms with Crippen molar-refractivity contribution in [3.8, 4) is 0 Å². The van der Waals surface area contributed by atoms with E-state index in [0.717, 1.165) is 31.1 Å². The van der Waals surface area contributed by atoms with Crippen LogP contribution >= 0.6 is 0 Å². The number of fused-ring (bicyclic) bond motifs is 1. The van der Waals surface area contributed by atoms with Gasteiger partial charge in [0.15, 0.2) is 0 Å². The zero-order chi connectivity index (χ0) is 15.8. The number of aromatic nitrogens is 2. The van der Waals surface area contributed by atoms with E-state index in [9.17, 15) is 0 Å². The van der Waals surface area contributed by atoms with E-state index in [1.807, 2.05) is 13.8 Å². The molecular formula is C19H21N3O. The van der Waals surface area contributed by atoms with Gasteiger partial charge >= 0.3 is 0 Å². The number of rotatable bonds is 3. The number of aryl methyl sites for hydroxylation is 2. The molecule has 0 radical (unpaired) electrons. The van der Waals surface area contributed by atoms with Crippen molar-refractivity contribution >= 4 is 0 Å². The topological polar surface area (TPSA) is 34.2 Å². The molecule has 0 spiro atoms. The van der Waals surface area contributed by atoms with E-state index in [1.165, 1.54) is 16.8 Å². The van der Waals surface area contributed by atoms with E-state index in [0.29, 0.717) is 0 Å². The second kappa shape index (κ2) is 5.70. The van der Waals surface area contributed by atoms with Crippen molar-refractivity contribution < 1.29 is 4.52 Å². The Bertz CT molecular complexity index is 784. The molecular weight excluding hydrogens is 286 g/mol. The van der Waals surface area contributed by atoms with Gasteiger partial charge in [0, 0.05) is 37.1 Å². The van der Waals surface area contributed by atoms with Crippen LogP contribution in [0, 0.1) is 13.8 Å². The van der Waals surface area contributed by atoms with E-state index in [-0.39, 0.29) is 6.04 Å². The summed E-state index contributed by atoms with van der Waals surface area (Å²) < 4.78 is 7.71. The summed E-state index contributed by atoms with van der Waals surface area (Å²) >= 11 is 0. The number of benzene rings is 1. The van der Waals surface area contributed by atoms with Crippen LogP contribution in [0.25, 0.3) is 0 Å². The highest BCUT2D eigenvalue weighted by Gasteiger charge is 2.29. The molecule has 1 aromatic carbocycles. The lowest BCUT2D eigenvalue weighted by atomic mass is 9.99. The third kappa shape index (κ3) is 2.49. The molecule has 1 aliphatic rings. The van der Waals surface area contributed by atoms with Crippen molar-refractivity contribution in [3.05, 3.63) is 76.9 Å². The minimum Gasteiger partial charge on any atom is -0.361 e. The Balaban J connectivity index is 1.74. The molecule has 1 aliphatic heterocycles. The molecule has 0 N–H and O–H groups in total. The van der Waals surface area contributed by atoms with Gasteiger partial charge in [0.25, 0.3) is 0 Å². The van der Waals surface area contributed by atoms with Gasteiger partial charge in [0.1, 0.15) is 5.76 Å². The van der Waals surface area contributed by atoms with Crippen molar-refractivity contribution in [2.75, 3.05) is 6.54 Å². The molecule has 4 nitrogen and oxygen atoms in total. The van der Waals surface area contributed by atoms with Crippen LogP contribution in [0.4, 0.5) is 0 Å². The first-order valence-corrected chi connectivity index (χ1v) is 8.10. The highest BCUT2D eigenvalue weighted by atomic mass is 16.5. The van der Waals surface area contributed by atoms with Crippen LogP contribution in [0.2, 0.25) is 0 Å². The van der Waals surface area contributed by atoms with Crippen LogP contribution in [0.1, 0.15) is 34.3 Å². The van der Waals surface area contributed by atoms with Gasteiger partial charge in [-0.15, -0.1) is 0 Å². The number of nitrogens with zero attached hydrogens (tertiary/aromatic N) is 3. The molecule has 118 valence electrons. The second-order valence-corrected chi connectivity index (χ2v) is 6.21. The fourth-order valence-corrected chi connectivity index (χ4v) is 3.55. The zero-order valence-corrected chi connectivity index (χ0v) is 13.6. The third-order valence-electron chi connectivity index (χ3n) is 4.80. The fraction of sp³-hybridized carbons (Fsp3) is 0.316. The molecule has 0 saturated carbocycles. The normalized spacial score (nSPS) is 18.1. The Labute approximate surface area is 136 Å². The maximum absolute atomic E-state index is 5.35. The minimum absolute atomic E-state index is 0.272. The maximum Gasteiger partial charge on any atom is 0.138 e. The maximum atomic E-state index is 5.35. The van der Waals surface area contributed by atoms with E-state index in [2.05, 4.69) is 63.3 Å². The summed E-state index contributed by atoms with van der Waals surface area (Å²) in [6.07, 6.45) is 2.18. The van der Waals surface area contributed by atoms with Crippen molar-refractivity contribution in [2.45, 2.75) is 33.0 Å². The van der Waals surface area contributed by atoms with Crippen molar-refractivity contribution in [3.63, 3.8) is 0 Å². The Morgan fingerprint density at radius 1 is 1.09 bits per heavy atom. The Hall–Kier alpha value is -2.33. The van der Waals surface area contributed by atoms with Gasteiger partial charge in [-0.1, -0.05) is 35.5 Å². The molecule has 0 aliphatic carbocycles. The molecule has 4 heteroatoms. The lowest BCUT2D eigenvalue weighted by Crippen LogP contribution is -2.38. The van der Waals surface area contributed by atoms with Crippen LogP contribution < -0.4 is 0 Å². The fourth-order valence-electron chi connectivity index (χ4n) is 3.55. The number of hydrogen-bond donors (Lipinski definition) is 0. The average molecular weight is 307 g/mol. The smallest absolute Gasteiger partial charge is 0.138 e.